The minimum atomic E-state index is -0.248. The number of likely N-dealkylation sites (tertiary alicyclic amines) is 1. The van der Waals surface area contributed by atoms with Gasteiger partial charge in [-0.25, -0.2) is 0 Å². The van der Waals surface area contributed by atoms with E-state index in [1.807, 2.05) is 4.90 Å². The van der Waals surface area contributed by atoms with Gasteiger partial charge in [-0.1, -0.05) is 18.2 Å². The zero-order valence-electron chi connectivity index (χ0n) is 15.3. The van der Waals surface area contributed by atoms with Crippen molar-refractivity contribution in [3.05, 3.63) is 34.9 Å². The Labute approximate surface area is 154 Å². The van der Waals surface area contributed by atoms with E-state index in [0.717, 1.165) is 44.3 Å². The van der Waals surface area contributed by atoms with E-state index in [9.17, 15) is 9.59 Å². The van der Waals surface area contributed by atoms with Crippen LogP contribution in [0.5, 0.6) is 0 Å². The van der Waals surface area contributed by atoms with Crippen molar-refractivity contribution in [2.24, 2.45) is 17.6 Å². The zero-order valence-corrected chi connectivity index (χ0v) is 15.3. The van der Waals surface area contributed by atoms with Gasteiger partial charge in [0.15, 0.2) is 0 Å². The van der Waals surface area contributed by atoms with Gasteiger partial charge in [0.1, 0.15) is 0 Å². The van der Waals surface area contributed by atoms with E-state index in [-0.39, 0.29) is 23.8 Å². The van der Waals surface area contributed by atoms with E-state index in [0.29, 0.717) is 18.9 Å². The number of piperidine rings is 1. The van der Waals surface area contributed by atoms with Crippen molar-refractivity contribution in [3.8, 4) is 0 Å². The maximum absolute atomic E-state index is 12.7. The first kappa shape index (κ1) is 17.5. The normalized spacial score (nSPS) is 26.1. The van der Waals surface area contributed by atoms with Gasteiger partial charge in [-0.2, -0.15) is 0 Å². The van der Waals surface area contributed by atoms with Gasteiger partial charge in [0.2, 0.25) is 11.8 Å². The summed E-state index contributed by atoms with van der Waals surface area (Å²) in [6.45, 7) is 2.12. The number of nitrogens with two attached hydrogens (primary N) is 1. The van der Waals surface area contributed by atoms with Crippen LogP contribution in [0.1, 0.15) is 42.4 Å². The van der Waals surface area contributed by atoms with Crippen LogP contribution in [-0.2, 0) is 33.6 Å². The van der Waals surface area contributed by atoms with E-state index in [4.69, 9.17) is 10.5 Å². The quantitative estimate of drug-likeness (QED) is 0.895. The second-order valence-corrected chi connectivity index (χ2v) is 7.98. The molecule has 2 N–H and O–H groups in total. The first-order valence-corrected chi connectivity index (χ1v) is 9.91. The van der Waals surface area contributed by atoms with Crippen LogP contribution in [0, 0.1) is 11.8 Å². The highest BCUT2D eigenvalue weighted by molar-refractivity contribution is 5.79. The molecule has 0 aromatic heterocycles. The van der Waals surface area contributed by atoms with E-state index < -0.39 is 0 Å². The number of amides is 2. The van der Waals surface area contributed by atoms with Gasteiger partial charge < -0.3 is 15.4 Å². The Morgan fingerprint density at radius 2 is 1.88 bits per heavy atom. The molecule has 2 heterocycles. The van der Waals surface area contributed by atoms with Crippen molar-refractivity contribution in [1.29, 1.82) is 0 Å². The molecule has 0 unspecified atom stereocenters. The number of rotatable bonds is 4. The van der Waals surface area contributed by atoms with Crippen LogP contribution in [0.4, 0.5) is 0 Å². The zero-order chi connectivity index (χ0) is 18.1. The largest absolute Gasteiger partial charge is 0.377 e. The third-order valence-corrected chi connectivity index (χ3v) is 6.38. The Hall–Kier alpha value is -1.88. The number of ether oxygens (including phenoxy) is 1. The highest BCUT2D eigenvalue weighted by atomic mass is 16.5. The molecular weight excluding hydrogens is 328 g/mol. The topological polar surface area (TPSA) is 72.6 Å². The second kappa shape index (κ2) is 7.39. The van der Waals surface area contributed by atoms with Gasteiger partial charge in [-0.05, 0) is 61.1 Å². The van der Waals surface area contributed by atoms with Gasteiger partial charge in [-0.15, -0.1) is 0 Å². The molecule has 3 aliphatic rings. The molecule has 1 aromatic carbocycles. The number of hydrogen-bond donors (Lipinski definition) is 1. The highest BCUT2D eigenvalue weighted by Crippen LogP contribution is 2.33. The number of hydrogen-bond acceptors (Lipinski definition) is 3. The summed E-state index contributed by atoms with van der Waals surface area (Å²) in [4.78, 5) is 26.2. The minimum absolute atomic E-state index is 0.0542. The molecule has 0 spiro atoms. The second-order valence-electron chi connectivity index (χ2n) is 7.98. The van der Waals surface area contributed by atoms with Crippen LogP contribution in [0.2, 0.25) is 0 Å². The lowest BCUT2D eigenvalue weighted by Gasteiger charge is -2.35. The average molecular weight is 356 g/mol. The van der Waals surface area contributed by atoms with Crippen LogP contribution in [0.15, 0.2) is 18.2 Å². The summed E-state index contributed by atoms with van der Waals surface area (Å²) < 4.78 is 5.80. The maximum atomic E-state index is 12.7. The van der Waals surface area contributed by atoms with Crippen molar-refractivity contribution in [2.75, 3.05) is 19.7 Å². The van der Waals surface area contributed by atoms with Crippen LogP contribution in [0.25, 0.3) is 0 Å². The molecule has 2 amide bonds. The Balaban J connectivity index is 1.31. The number of fused-ring (bicyclic) bond motifs is 1. The van der Waals surface area contributed by atoms with Crippen molar-refractivity contribution in [1.82, 2.24) is 4.90 Å². The average Bonchev–Trinajstić information content (AvgIpc) is 3.30. The van der Waals surface area contributed by atoms with E-state index in [1.165, 1.54) is 24.0 Å². The Kier molecular flexibility index (Phi) is 4.98. The third kappa shape index (κ3) is 3.50. The predicted molar refractivity (Wildman–Crippen MR) is 98.5 cm³/mol. The number of carbonyl (C=O) groups is 2. The van der Waals surface area contributed by atoms with E-state index >= 15 is 0 Å². The summed E-state index contributed by atoms with van der Waals surface area (Å²) in [5, 5.41) is 0. The first-order chi connectivity index (χ1) is 12.6. The first-order valence-electron chi connectivity index (χ1n) is 9.91. The van der Waals surface area contributed by atoms with Gasteiger partial charge >= 0.3 is 0 Å². The fourth-order valence-corrected chi connectivity index (χ4v) is 4.88. The highest BCUT2D eigenvalue weighted by Gasteiger charge is 2.39. The molecular formula is C21H28N2O3. The summed E-state index contributed by atoms with van der Waals surface area (Å²) in [6, 6.07) is 6.52. The Morgan fingerprint density at radius 1 is 1.12 bits per heavy atom. The van der Waals surface area contributed by atoms with Gasteiger partial charge in [0.25, 0.3) is 0 Å². The molecule has 0 saturated carbocycles. The van der Waals surface area contributed by atoms with Gasteiger partial charge in [0, 0.05) is 19.7 Å². The molecule has 5 heteroatoms. The van der Waals surface area contributed by atoms with Crippen molar-refractivity contribution < 1.29 is 14.3 Å². The summed E-state index contributed by atoms with van der Waals surface area (Å²) in [7, 11) is 0. The molecule has 4 rings (SSSR count). The Morgan fingerprint density at radius 3 is 2.65 bits per heavy atom. The summed E-state index contributed by atoms with van der Waals surface area (Å²) in [5.74, 6) is 0.135. The lowest BCUT2D eigenvalue weighted by atomic mass is 9.84. The molecule has 1 aromatic rings. The fourth-order valence-electron chi connectivity index (χ4n) is 4.88. The lowest BCUT2D eigenvalue weighted by Crippen LogP contribution is -2.44. The number of nitrogens with zero attached hydrogens (tertiary/aromatic N) is 1. The smallest absolute Gasteiger partial charge is 0.226 e. The predicted octanol–water partition coefficient (Wildman–Crippen LogP) is 1.85. The summed E-state index contributed by atoms with van der Waals surface area (Å²) in [5.41, 5.74) is 9.51. The minimum Gasteiger partial charge on any atom is -0.377 e. The lowest BCUT2D eigenvalue weighted by molar-refractivity contribution is -0.133. The summed E-state index contributed by atoms with van der Waals surface area (Å²) >= 11 is 0. The molecule has 26 heavy (non-hydrogen) atoms. The number of aryl methyl sites for hydroxylation is 2. The van der Waals surface area contributed by atoms with Crippen LogP contribution < -0.4 is 5.73 Å². The molecule has 2 atom stereocenters. The molecule has 0 radical (unpaired) electrons. The third-order valence-electron chi connectivity index (χ3n) is 6.38. The standard InChI is InChI=1S/C21H28N2O3/c22-21(25)18-8-11-26-20(18)16-6-9-23(10-7-16)19(24)13-14-4-5-15-2-1-3-17(15)12-14/h4-5,12,16,18,20H,1-3,6-11,13H2,(H2,22,25)/t18-,20+/m0/s1. The molecule has 2 fully saturated rings. The molecule has 2 aliphatic heterocycles. The molecule has 1 aliphatic carbocycles. The van der Waals surface area contributed by atoms with Crippen molar-refractivity contribution in [3.63, 3.8) is 0 Å². The Bertz CT molecular complexity index is 694. The van der Waals surface area contributed by atoms with Crippen LogP contribution >= 0.6 is 0 Å². The molecule has 2 saturated heterocycles. The van der Waals surface area contributed by atoms with Crippen molar-refractivity contribution >= 4 is 11.8 Å². The fraction of sp³-hybridized carbons (Fsp3) is 0.619. The van der Waals surface area contributed by atoms with Gasteiger partial charge in [-0.3, -0.25) is 9.59 Å². The number of benzene rings is 1. The van der Waals surface area contributed by atoms with E-state index in [2.05, 4.69) is 18.2 Å². The van der Waals surface area contributed by atoms with Crippen molar-refractivity contribution in [2.45, 2.75) is 51.0 Å². The SMILES string of the molecule is NC(=O)[C@H]1CCO[C@@H]1C1CCN(C(=O)Cc2ccc3c(c2)CCC3)CC1. The van der Waals surface area contributed by atoms with Crippen LogP contribution in [-0.4, -0.2) is 42.5 Å². The van der Waals surface area contributed by atoms with Crippen LogP contribution in [0.3, 0.4) is 0 Å². The number of carbonyl (C=O) groups excluding carboxylic acids is 2. The molecule has 140 valence electrons. The van der Waals surface area contributed by atoms with E-state index in [1.54, 1.807) is 0 Å². The monoisotopic (exact) mass is 356 g/mol. The molecule has 0 bridgehead atoms. The number of primary amides is 1. The maximum Gasteiger partial charge on any atom is 0.226 e. The summed E-state index contributed by atoms with van der Waals surface area (Å²) in [6.07, 6.45) is 6.50. The molecule has 5 nitrogen and oxygen atoms in total. The van der Waals surface area contributed by atoms with Gasteiger partial charge in [0.05, 0.1) is 18.4 Å².